The molecule has 0 saturated heterocycles. The Bertz CT molecular complexity index is 714. The standard InChI is InChI=1S/C19H23F3N2O3/c1-13(25)24-17-4-2-3-5-18(17)27-12-16(26)11-23-10-14-6-8-15(9-7-14)19(20,21)22/h2-6,8,16,23,26H,7,9-12H2,1H3,(H,24,25). The number of allylic oxidation sites excluding steroid dienone is 3. The molecule has 1 aromatic carbocycles. The number of amides is 1. The lowest BCUT2D eigenvalue weighted by atomic mass is 9.98. The molecule has 1 aromatic rings. The van der Waals surface area contributed by atoms with E-state index in [1.54, 1.807) is 24.3 Å². The monoisotopic (exact) mass is 384 g/mol. The molecule has 1 unspecified atom stereocenters. The number of halogens is 3. The van der Waals surface area contributed by atoms with E-state index in [0.29, 0.717) is 24.4 Å². The third-order valence-corrected chi connectivity index (χ3v) is 3.96. The Balaban J connectivity index is 1.75. The van der Waals surface area contributed by atoms with E-state index in [0.717, 1.165) is 11.6 Å². The fourth-order valence-corrected chi connectivity index (χ4v) is 2.59. The van der Waals surface area contributed by atoms with E-state index in [2.05, 4.69) is 10.6 Å². The number of benzene rings is 1. The number of nitrogens with one attached hydrogen (secondary N) is 2. The first-order valence-electron chi connectivity index (χ1n) is 8.59. The van der Waals surface area contributed by atoms with E-state index in [1.165, 1.54) is 13.0 Å². The van der Waals surface area contributed by atoms with Crippen LogP contribution in [0.5, 0.6) is 5.75 Å². The molecule has 0 aliphatic heterocycles. The van der Waals surface area contributed by atoms with E-state index in [-0.39, 0.29) is 25.5 Å². The largest absolute Gasteiger partial charge is 0.489 e. The van der Waals surface area contributed by atoms with Crippen LogP contribution < -0.4 is 15.4 Å². The molecule has 1 aliphatic rings. The van der Waals surface area contributed by atoms with Gasteiger partial charge in [0.1, 0.15) is 18.5 Å². The molecule has 0 fully saturated rings. The molecule has 0 radical (unpaired) electrons. The van der Waals surface area contributed by atoms with Crippen LogP contribution in [0, 0.1) is 0 Å². The molecule has 5 nitrogen and oxygen atoms in total. The number of hydrogen-bond acceptors (Lipinski definition) is 4. The van der Waals surface area contributed by atoms with Crippen LogP contribution in [0.3, 0.4) is 0 Å². The third-order valence-electron chi connectivity index (χ3n) is 3.96. The summed E-state index contributed by atoms with van der Waals surface area (Å²) in [5, 5.41) is 15.7. The van der Waals surface area contributed by atoms with Gasteiger partial charge >= 0.3 is 6.18 Å². The average molecular weight is 384 g/mol. The van der Waals surface area contributed by atoms with Crippen LogP contribution >= 0.6 is 0 Å². The van der Waals surface area contributed by atoms with Gasteiger partial charge in [0.2, 0.25) is 5.91 Å². The van der Waals surface area contributed by atoms with Crippen LogP contribution in [0.4, 0.5) is 18.9 Å². The molecular formula is C19H23F3N2O3. The Morgan fingerprint density at radius 2 is 2.00 bits per heavy atom. The van der Waals surface area contributed by atoms with Gasteiger partial charge in [0.25, 0.3) is 0 Å². The molecule has 1 atom stereocenters. The molecule has 1 aliphatic carbocycles. The summed E-state index contributed by atoms with van der Waals surface area (Å²) in [6.45, 7) is 2.04. The van der Waals surface area contributed by atoms with Gasteiger partial charge < -0.3 is 20.5 Å². The van der Waals surface area contributed by atoms with Crippen molar-refractivity contribution < 1.29 is 27.8 Å². The van der Waals surface area contributed by atoms with E-state index >= 15 is 0 Å². The Morgan fingerprint density at radius 1 is 1.26 bits per heavy atom. The third kappa shape index (κ3) is 7.07. The summed E-state index contributed by atoms with van der Waals surface area (Å²) in [5.41, 5.74) is 0.856. The van der Waals surface area contributed by atoms with E-state index in [4.69, 9.17) is 4.74 Å². The second-order valence-electron chi connectivity index (χ2n) is 6.29. The SMILES string of the molecule is CC(=O)Nc1ccccc1OCC(O)CNCC1=CC=C(C(F)(F)F)CC1. The minimum absolute atomic E-state index is 0.0147. The molecule has 8 heteroatoms. The second-order valence-corrected chi connectivity index (χ2v) is 6.29. The fourth-order valence-electron chi connectivity index (χ4n) is 2.59. The maximum atomic E-state index is 12.6. The predicted molar refractivity (Wildman–Crippen MR) is 96.6 cm³/mol. The highest BCUT2D eigenvalue weighted by Crippen LogP contribution is 2.32. The lowest BCUT2D eigenvalue weighted by Crippen LogP contribution is -2.32. The number of para-hydroxylation sites is 2. The molecular weight excluding hydrogens is 361 g/mol. The minimum atomic E-state index is -4.27. The van der Waals surface area contributed by atoms with Crippen LogP contribution in [0.15, 0.2) is 47.6 Å². The number of ether oxygens (including phenoxy) is 1. The van der Waals surface area contributed by atoms with Gasteiger partial charge in [-0.3, -0.25) is 4.79 Å². The highest BCUT2D eigenvalue weighted by molar-refractivity contribution is 5.90. The molecule has 0 aromatic heterocycles. The highest BCUT2D eigenvalue weighted by Gasteiger charge is 2.33. The molecule has 1 amide bonds. The molecule has 27 heavy (non-hydrogen) atoms. The number of aliphatic hydroxyl groups is 1. The van der Waals surface area contributed by atoms with Crippen molar-refractivity contribution in [3.8, 4) is 5.75 Å². The van der Waals surface area contributed by atoms with Gasteiger partial charge in [-0.25, -0.2) is 0 Å². The van der Waals surface area contributed by atoms with Crippen molar-refractivity contribution >= 4 is 11.6 Å². The van der Waals surface area contributed by atoms with Crippen molar-refractivity contribution in [2.24, 2.45) is 0 Å². The number of anilines is 1. The summed E-state index contributed by atoms with van der Waals surface area (Å²) >= 11 is 0. The molecule has 0 saturated carbocycles. The molecule has 0 heterocycles. The Kier molecular flexibility index (Phi) is 7.44. The average Bonchev–Trinajstić information content (AvgIpc) is 2.60. The van der Waals surface area contributed by atoms with Gasteiger partial charge in [-0.15, -0.1) is 0 Å². The van der Waals surface area contributed by atoms with Crippen molar-refractivity contribution in [2.45, 2.75) is 32.0 Å². The van der Waals surface area contributed by atoms with Crippen LogP contribution in [0.2, 0.25) is 0 Å². The van der Waals surface area contributed by atoms with Crippen LogP contribution in [-0.2, 0) is 4.79 Å². The number of carbonyl (C=O) groups is 1. The van der Waals surface area contributed by atoms with Crippen molar-refractivity contribution in [3.63, 3.8) is 0 Å². The fraction of sp³-hybridized carbons (Fsp3) is 0.421. The van der Waals surface area contributed by atoms with E-state index < -0.39 is 17.9 Å². The Labute approximate surface area is 155 Å². The maximum Gasteiger partial charge on any atom is 0.412 e. The lowest BCUT2D eigenvalue weighted by molar-refractivity contribution is -0.114. The topological polar surface area (TPSA) is 70.6 Å². The Hall–Kier alpha value is -2.32. The minimum Gasteiger partial charge on any atom is -0.489 e. The maximum absolute atomic E-state index is 12.6. The molecule has 0 bridgehead atoms. The van der Waals surface area contributed by atoms with Crippen molar-refractivity contribution in [1.29, 1.82) is 0 Å². The number of hydrogen-bond donors (Lipinski definition) is 3. The van der Waals surface area contributed by atoms with E-state index in [9.17, 15) is 23.1 Å². The molecule has 3 N–H and O–H groups in total. The van der Waals surface area contributed by atoms with Gasteiger partial charge in [-0.2, -0.15) is 13.2 Å². The summed E-state index contributed by atoms with van der Waals surface area (Å²) in [4.78, 5) is 11.2. The second kappa shape index (κ2) is 9.57. The van der Waals surface area contributed by atoms with Crippen LogP contribution in [0.1, 0.15) is 19.8 Å². The Morgan fingerprint density at radius 3 is 2.63 bits per heavy atom. The zero-order valence-electron chi connectivity index (χ0n) is 15.0. The zero-order chi connectivity index (χ0) is 19.9. The van der Waals surface area contributed by atoms with Crippen molar-refractivity contribution in [3.05, 3.63) is 47.6 Å². The first-order chi connectivity index (χ1) is 12.8. The van der Waals surface area contributed by atoms with Gasteiger partial charge in [-0.1, -0.05) is 29.9 Å². The predicted octanol–water partition coefficient (Wildman–Crippen LogP) is 3.18. The zero-order valence-corrected chi connectivity index (χ0v) is 15.0. The van der Waals surface area contributed by atoms with Crippen LogP contribution in [0.25, 0.3) is 0 Å². The van der Waals surface area contributed by atoms with Crippen LogP contribution in [-0.4, -0.2) is 43.0 Å². The quantitative estimate of drug-likeness (QED) is 0.644. The summed E-state index contributed by atoms with van der Waals surface area (Å²) in [6.07, 6.45) is -2.17. The summed E-state index contributed by atoms with van der Waals surface area (Å²) in [7, 11) is 0. The summed E-state index contributed by atoms with van der Waals surface area (Å²) in [5.74, 6) is 0.225. The first-order valence-corrected chi connectivity index (χ1v) is 8.59. The molecule has 2 rings (SSSR count). The van der Waals surface area contributed by atoms with Gasteiger partial charge in [-0.05, 0) is 25.0 Å². The van der Waals surface area contributed by atoms with Gasteiger partial charge in [0, 0.05) is 25.6 Å². The van der Waals surface area contributed by atoms with Gasteiger partial charge in [0.05, 0.1) is 5.69 Å². The first kappa shape index (κ1) is 21.0. The van der Waals surface area contributed by atoms with Crippen molar-refractivity contribution in [1.82, 2.24) is 5.32 Å². The smallest absolute Gasteiger partial charge is 0.412 e. The summed E-state index contributed by atoms with van der Waals surface area (Å²) < 4.78 is 43.2. The normalized spacial score (nSPS) is 15.6. The molecule has 148 valence electrons. The van der Waals surface area contributed by atoms with Crippen molar-refractivity contribution in [2.75, 3.05) is 25.0 Å². The number of carbonyl (C=O) groups excluding carboxylic acids is 1. The highest BCUT2D eigenvalue weighted by atomic mass is 19.4. The van der Waals surface area contributed by atoms with E-state index in [1.807, 2.05) is 0 Å². The number of aliphatic hydroxyl groups excluding tert-OH is 1. The number of rotatable bonds is 8. The summed E-state index contributed by atoms with van der Waals surface area (Å²) in [6, 6.07) is 6.89. The van der Waals surface area contributed by atoms with Gasteiger partial charge in [0.15, 0.2) is 0 Å². The number of alkyl halides is 3. The lowest BCUT2D eigenvalue weighted by Gasteiger charge is -2.18. The molecule has 0 spiro atoms.